The molecule has 0 atom stereocenters. The van der Waals surface area contributed by atoms with Crippen LogP contribution < -0.4 is 10.6 Å². The molecule has 0 radical (unpaired) electrons. The fraction of sp³-hybridized carbons (Fsp3) is 0.562. The second-order valence-corrected chi connectivity index (χ2v) is 5.33. The number of ether oxygens (including phenoxy) is 1. The lowest BCUT2D eigenvalue weighted by molar-refractivity contribution is 0.0582. The van der Waals surface area contributed by atoms with Gasteiger partial charge in [0.05, 0.1) is 18.3 Å². The lowest BCUT2D eigenvalue weighted by Crippen LogP contribution is -2.29. The Morgan fingerprint density at radius 2 is 2.10 bits per heavy atom. The minimum absolute atomic E-state index is 0.0515. The smallest absolute Gasteiger partial charge is 0.253 e. The van der Waals surface area contributed by atoms with Gasteiger partial charge in [0.25, 0.3) is 5.91 Å². The Morgan fingerprint density at radius 1 is 1.35 bits per heavy atom. The molecule has 0 bridgehead atoms. The highest BCUT2D eigenvalue weighted by Gasteiger charge is 2.15. The molecule has 2 N–H and O–H groups in total. The van der Waals surface area contributed by atoms with Gasteiger partial charge in [-0.3, -0.25) is 4.79 Å². The van der Waals surface area contributed by atoms with E-state index in [2.05, 4.69) is 10.6 Å². The number of rotatable bonds is 6. The van der Waals surface area contributed by atoms with Crippen LogP contribution in [0, 0.1) is 6.92 Å². The third kappa shape index (κ3) is 3.97. The highest BCUT2D eigenvalue weighted by Crippen LogP contribution is 2.20. The lowest BCUT2D eigenvalue weighted by atomic mass is 10.1. The molecule has 1 saturated carbocycles. The van der Waals surface area contributed by atoms with Crippen molar-refractivity contribution in [1.29, 1.82) is 0 Å². The normalized spacial score (nSPS) is 15.3. The van der Waals surface area contributed by atoms with Crippen LogP contribution >= 0.6 is 0 Å². The Balaban J connectivity index is 1.79. The Bertz CT molecular complexity index is 454. The minimum Gasteiger partial charge on any atom is -0.387 e. The highest BCUT2D eigenvalue weighted by molar-refractivity contribution is 5.99. The third-order valence-electron chi connectivity index (χ3n) is 3.73. The number of amides is 1. The number of benzene rings is 1. The van der Waals surface area contributed by atoms with Gasteiger partial charge < -0.3 is 15.4 Å². The van der Waals surface area contributed by atoms with Crippen molar-refractivity contribution in [3.63, 3.8) is 0 Å². The molecule has 4 heteroatoms. The summed E-state index contributed by atoms with van der Waals surface area (Å²) >= 11 is 0. The second-order valence-electron chi connectivity index (χ2n) is 5.33. The van der Waals surface area contributed by atoms with Crippen LogP contribution in [0.25, 0.3) is 0 Å². The van der Waals surface area contributed by atoms with Crippen molar-refractivity contribution < 1.29 is 9.53 Å². The van der Waals surface area contributed by atoms with Gasteiger partial charge in [-0.25, -0.2) is 0 Å². The number of carbonyl (C=O) groups is 1. The molecular weight excluding hydrogens is 252 g/mol. The zero-order chi connectivity index (χ0) is 14.4. The molecule has 1 aromatic carbocycles. The van der Waals surface area contributed by atoms with E-state index in [0.717, 1.165) is 24.1 Å². The van der Waals surface area contributed by atoms with Crippen LogP contribution in [0.2, 0.25) is 0 Å². The molecule has 4 nitrogen and oxygen atoms in total. The zero-order valence-corrected chi connectivity index (χ0v) is 12.4. The predicted molar refractivity (Wildman–Crippen MR) is 81.3 cm³/mol. The first-order valence-electron chi connectivity index (χ1n) is 7.39. The monoisotopic (exact) mass is 276 g/mol. The van der Waals surface area contributed by atoms with Gasteiger partial charge in [0.2, 0.25) is 0 Å². The first-order chi connectivity index (χ1) is 9.70. The van der Waals surface area contributed by atoms with Gasteiger partial charge in [0, 0.05) is 19.3 Å². The zero-order valence-electron chi connectivity index (χ0n) is 12.4. The van der Waals surface area contributed by atoms with Gasteiger partial charge in [-0.15, -0.1) is 0 Å². The fourth-order valence-electron chi connectivity index (χ4n) is 2.60. The standard InChI is InChI=1S/C16H24N2O2/c1-12-7-8-14(15(11-12)17-2)16(19)18-9-10-20-13-5-3-4-6-13/h7-8,11,13,17H,3-6,9-10H2,1-2H3,(H,18,19). The largest absolute Gasteiger partial charge is 0.387 e. The van der Waals surface area contributed by atoms with Crippen molar-refractivity contribution in [2.75, 3.05) is 25.5 Å². The maximum atomic E-state index is 12.1. The summed E-state index contributed by atoms with van der Waals surface area (Å²) in [5.74, 6) is -0.0515. The Kier molecular flexibility index (Phi) is 5.41. The molecule has 110 valence electrons. The molecule has 0 spiro atoms. The van der Waals surface area contributed by atoms with Crippen molar-refractivity contribution in [1.82, 2.24) is 5.32 Å². The first kappa shape index (κ1) is 14.9. The molecule has 1 aromatic rings. The summed E-state index contributed by atoms with van der Waals surface area (Å²) in [6, 6.07) is 5.78. The van der Waals surface area contributed by atoms with Crippen molar-refractivity contribution >= 4 is 11.6 Å². The maximum absolute atomic E-state index is 12.1. The molecule has 0 aromatic heterocycles. The van der Waals surface area contributed by atoms with Crippen LogP contribution in [-0.2, 0) is 4.74 Å². The molecule has 0 aliphatic heterocycles. The van der Waals surface area contributed by atoms with Gasteiger partial charge in [0.15, 0.2) is 0 Å². The number of anilines is 1. The van der Waals surface area contributed by atoms with Crippen molar-refractivity contribution in [2.24, 2.45) is 0 Å². The molecule has 0 unspecified atom stereocenters. The van der Waals surface area contributed by atoms with Crippen molar-refractivity contribution in [3.8, 4) is 0 Å². The van der Waals surface area contributed by atoms with Crippen LogP contribution in [0.15, 0.2) is 18.2 Å². The molecule has 1 amide bonds. The van der Waals surface area contributed by atoms with E-state index in [-0.39, 0.29) is 5.91 Å². The molecule has 0 heterocycles. The van der Waals surface area contributed by atoms with E-state index in [1.807, 2.05) is 32.2 Å². The van der Waals surface area contributed by atoms with E-state index in [0.29, 0.717) is 24.8 Å². The number of nitrogens with one attached hydrogen (secondary N) is 2. The summed E-state index contributed by atoms with van der Waals surface area (Å²) < 4.78 is 5.73. The minimum atomic E-state index is -0.0515. The molecule has 1 aliphatic rings. The molecule has 1 aliphatic carbocycles. The number of hydrogen-bond acceptors (Lipinski definition) is 3. The van der Waals surface area contributed by atoms with Crippen molar-refractivity contribution in [2.45, 2.75) is 38.7 Å². The average Bonchev–Trinajstić information content (AvgIpc) is 2.96. The van der Waals surface area contributed by atoms with E-state index in [1.165, 1.54) is 12.8 Å². The van der Waals surface area contributed by atoms with Crippen molar-refractivity contribution in [3.05, 3.63) is 29.3 Å². The molecular formula is C16H24N2O2. The van der Waals surface area contributed by atoms with Crippen LogP contribution in [0.3, 0.4) is 0 Å². The number of hydrogen-bond donors (Lipinski definition) is 2. The Morgan fingerprint density at radius 3 is 2.80 bits per heavy atom. The van der Waals surface area contributed by atoms with E-state index < -0.39 is 0 Å². The van der Waals surface area contributed by atoms with Crippen LogP contribution in [-0.4, -0.2) is 32.2 Å². The second kappa shape index (κ2) is 7.29. The van der Waals surface area contributed by atoms with Gasteiger partial charge in [0.1, 0.15) is 0 Å². The van der Waals surface area contributed by atoms with E-state index >= 15 is 0 Å². The van der Waals surface area contributed by atoms with E-state index in [9.17, 15) is 4.79 Å². The number of aryl methyl sites for hydroxylation is 1. The summed E-state index contributed by atoms with van der Waals surface area (Å²) in [7, 11) is 1.83. The molecule has 0 saturated heterocycles. The topological polar surface area (TPSA) is 50.4 Å². The molecule has 1 fully saturated rings. The first-order valence-corrected chi connectivity index (χ1v) is 7.39. The SMILES string of the molecule is CNc1cc(C)ccc1C(=O)NCCOC1CCCC1. The summed E-state index contributed by atoms with van der Waals surface area (Å²) in [5, 5.41) is 5.97. The average molecular weight is 276 g/mol. The van der Waals surface area contributed by atoms with Gasteiger partial charge >= 0.3 is 0 Å². The fourth-order valence-corrected chi connectivity index (χ4v) is 2.60. The quantitative estimate of drug-likeness (QED) is 0.785. The summed E-state index contributed by atoms with van der Waals surface area (Å²) in [6.07, 6.45) is 5.27. The number of carbonyl (C=O) groups excluding carboxylic acids is 1. The van der Waals surface area contributed by atoms with Gasteiger partial charge in [-0.1, -0.05) is 18.9 Å². The van der Waals surface area contributed by atoms with E-state index in [1.54, 1.807) is 0 Å². The summed E-state index contributed by atoms with van der Waals surface area (Å²) in [4.78, 5) is 12.1. The summed E-state index contributed by atoms with van der Waals surface area (Å²) in [6.45, 7) is 3.17. The molecule has 20 heavy (non-hydrogen) atoms. The Hall–Kier alpha value is -1.55. The third-order valence-corrected chi connectivity index (χ3v) is 3.73. The Labute approximate surface area is 120 Å². The highest BCUT2D eigenvalue weighted by atomic mass is 16.5. The van der Waals surface area contributed by atoms with Crippen LogP contribution in [0.1, 0.15) is 41.6 Å². The molecule has 2 rings (SSSR count). The lowest BCUT2D eigenvalue weighted by Gasteiger charge is -2.13. The summed E-state index contributed by atoms with van der Waals surface area (Å²) in [5.41, 5.74) is 2.67. The van der Waals surface area contributed by atoms with Crippen LogP contribution in [0.4, 0.5) is 5.69 Å². The van der Waals surface area contributed by atoms with Gasteiger partial charge in [-0.2, -0.15) is 0 Å². The predicted octanol–water partition coefficient (Wildman–Crippen LogP) is 2.73. The maximum Gasteiger partial charge on any atom is 0.253 e. The van der Waals surface area contributed by atoms with Crippen LogP contribution in [0.5, 0.6) is 0 Å². The van der Waals surface area contributed by atoms with Gasteiger partial charge in [-0.05, 0) is 37.5 Å². The van der Waals surface area contributed by atoms with E-state index in [4.69, 9.17) is 4.74 Å².